The Balaban J connectivity index is 2.75. The molecule has 3 heteroatoms. The van der Waals surface area contributed by atoms with Crippen LogP contribution in [0, 0.1) is 11.3 Å². The van der Waals surface area contributed by atoms with Crippen molar-refractivity contribution in [2.24, 2.45) is 0 Å². The molecule has 0 aliphatic carbocycles. The zero-order chi connectivity index (χ0) is 15.2. The van der Waals surface area contributed by atoms with Crippen LogP contribution in [0.4, 0.5) is 0 Å². The number of rotatable bonds is 4. The van der Waals surface area contributed by atoms with Crippen molar-refractivity contribution in [3.8, 4) is 6.07 Å². The second kappa shape index (κ2) is 6.53. The smallest absolute Gasteiger partial charge is 0.337 e. The lowest BCUT2D eigenvalue weighted by atomic mass is 9.92. The summed E-state index contributed by atoms with van der Waals surface area (Å²) in [5, 5.41) is 19.1. The van der Waals surface area contributed by atoms with Gasteiger partial charge in [0, 0.05) is 0 Å². The van der Waals surface area contributed by atoms with Crippen molar-refractivity contribution < 1.29 is 9.90 Å². The van der Waals surface area contributed by atoms with Crippen molar-refractivity contribution in [3.63, 3.8) is 0 Å². The molecule has 2 aromatic rings. The van der Waals surface area contributed by atoms with Crippen molar-refractivity contribution in [1.82, 2.24) is 0 Å². The molecule has 0 aromatic heterocycles. The average molecular weight is 277 g/mol. The molecule has 1 N–H and O–H groups in total. The standard InChI is InChI=1S/C18H15NO2/c1-2-13-8-6-7-11-15(13)16(12-19)17(18(20)21)14-9-4-3-5-10-14/h3-11H,2H2,1H3,(H,20,21). The lowest BCUT2D eigenvalue weighted by Crippen LogP contribution is -2.04. The summed E-state index contributed by atoms with van der Waals surface area (Å²) in [4.78, 5) is 11.7. The quantitative estimate of drug-likeness (QED) is 0.525. The summed E-state index contributed by atoms with van der Waals surface area (Å²) in [6.45, 7) is 1.98. The highest BCUT2D eigenvalue weighted by molar-refractivity contribution is 6.26. The third kappa shape index (κ3) is 3.01. The Kier molecular flexibility index (Phi) is 4.53. The average Bonchev–Trinajstić information content (AvgIpc) is 2.53. The molecule has 104 valence electrons. The van der Waals surface area contributed by atoms with Crippen molar-refractivity contribution in [1.29, 1.82) is 5.26 Å². The van der Waals surface area contributed by atoms with Gasteiger partial charge in [0.2, 0.25) is 0 Å². The minimum Gasteiger partial charge on any atom is -0.478 e. The Labute approximate surface area is 123 Å². The summed E-state index contributed by atoms with van der Waals surface area (Å²) in [5.74, 6) is -1.09. The maximum Gasteiger partial charge on any atom is 0.337 e. The van der Waals surface area contributed by atoms with Gasteiger partial charge >= 0.3 is 5.97 Å². The molecule has 0 aliphatic heterocycles. The van der Waals surface area contributed by atoms with Crippen LogP contribution >= 0.6 is 0 Å². The number of nitriles is 1. The normalized spacial score (nSPS) is 11.4. The lowest BCUT2D eigenvalue weighted by molar-refractivity contribution is -0.130. The van der Waals surface area contributed by atoms with E-state index in [2.05, 4.69) is 6.07 Å². The van der Waals surface area contributed by atoms with Gasteiger partial charge in [-0.15, -0.1) is 0 Å². The van der Waals surface area contributed by atoms with Crippen LogP contribution in [-0.4, -0.2) is 11.1 Å². The number of hydrogen-bond donors (Lipinski definition) is 1. The van der Waals surface area contributed by atoms with Crippen LogP contribution in [0.25, 0.3) is 11.1 Å². The zero-order valence-corrected chi connectivity index (χ0v) is 11.7. The highest BCUT2D eigenvalue weighted by atomic mass is 16.4. The first-order valence-electron chi connectivity index (χ1n) is 6.70. The molecule has 0 bridgehead atoms. The predicted molar refractivity (Wildman–Crippen MR) is 82.3 cm³/mol. The Morgan fingerprint density at radius 2 is 1.71 bits per heavy atom. The molecule has 0 saturated heterocycles. The van der Waals surface area contributed by atoms with Gasteiger partial charge in [-0.3, -0.25) is 0 Å². The maximum atomic E-state index is 11.7. The third-order valence-corrected chi connectivity index (χ3v) is 3.31. The molecule has 2 rings (SSSR count). The Hall–Kier alpha value is -2.86. The Morgan fingerprint density at radius 1 is 1.10 bits per heavy atom. The van der Waals surface area contributed by atoms with Gasteiger partial charge in [0.15, 0.2) is 0 Å². The summed E-state index contributed by atoms with van der Waals surface area (Å²) >= 11 is 0. The van der Waals surface area contributed by atoms with E-state index in [-0.39, 0.29) is 11.1 Å². The summed E-state index contributed by atoms with van der Waals surface area (Å²) in [7, 11) is 0. The van der Waals surface area contributed by atoms with Crippen molar-refractivity contribution in [2.45, 2.75) is 13.3 Å². The second-order valence-corrected chi connectivity index (χ2v) is 4.54. The van der Waals surface area contributed by atoms with Crippen molar-refractivity contribution >= 4 is 17.1 Å². The first kappa shape index (κ1) is 14.5. The van der Waals surface area contributed by atoms with Gasteiger partial charge in [0.05, 0.1) is 11.1 Å². The van der Waals surface area contributed by atoms with E-state index in [1.165, 1.54) is 0 Å². The van der Waals surface area contributed by atoms with Crippen molar-refractivity contribution in [3.05, 3.63) is 71.3 Å². The molecule has 0 atom stereocenters. The Bertz CT molecular complexity index is 724. The second-order valence-electron chi connectivity index (χ2n) is 4.54. The molecule has 0 saturated carbocycles. The van der Waals surface area contributed by atoms with E-state index >= 15 is 0 Å². The zero-order valence-electron chi connectivity index (χ0n) is 11.7. The largest absolute Gasteiger partial charge is 0.478 e. The predicted octanol–water partition coefficient (Wildman–Crippen LogP) is 3.77. The fraction of sp³-hybridized carbons (Fsp3) is 0.111. The topological polar surface area (TPSA) is 61.1 Å². The molecule has 3 nitrogen and oxygen atoms in total. The number of carbonyl (C=O) groups is 1. The molecular weight excluding hydrogens is 262 g/mol. The highest BCUT2D eigenvalue weighted by Crippen LogP contribution is 2.28. The lowest BCUT2D eigenvalue weighted by Gasteiger charge is -2.10. The summed E-state index contributed by atoms with van der Waals surface area (Å²) in [6.07, 6.45) is 0.739. The summed E-state index contributed by atoms with van der Waals surface area (Å²) in [5.41, 5.74) is 2.42. The number of aryl methyl sites for hydroxylation is 1. The van der Waals surface area contributed by atoms with E-state index in [0.717, 1.165) is 12.0 Å². The minimum atomic E-state index is -1.09. The van der Waals surface area contributed by atoms with Gasteiger partial charge in [0.25, 0.3) is 0 Å². The van der Waals surface area contributed by atoms with Crippen molar-refractivity contribution in [2.75, 3.05) is 0 Å². The minimum absolute atomic E-state index is 0.0407. The fourth-order valence-corrected chi connectivity index (χ4v) is 2.30. The molecular formula is C18H15NO2. The number of allylic oxidation sites excluding steroid dienone is 1. The van der Waals surface area contributed by atoms with Gasteiger partial charge in [-0.05, 0) is 23.1 Å². The number of aliphatic carboxylic acids is 1. The molecule has 2 aromatic carbocycles. The first-order valence-corrected chi connectivity index (χ1v) is 6.70. The molecule has 0 amide bonds. The van der Waals surface area contributed by atoms with Gasteiger partial charge < -0.3 is 5.11 Å². The van der Waals surface area contributed by atoms with E-state index in [4.69, 9.17) is 0 Å². The molecule has 0 aliphatic rings. The number of hydrogen-bond acceptors (Lipinski definition) is 2. The number of carboxylic acids is 1. The van der Waals surface area contributed by atoms with Crippen LogP contribution in [0.1, 0.15) is 23.6 Å². The van der Waals surface area contributed by atoms with Crippen LogP contribution in [0.15, 0.2) is 54.6 Å². The van der Waals surface area contributed by atoms with Gasteiger partial charge in [-0.1, -0.05) is 61.5 Å². The molecule has 0 spiro atoms. The van der Waals surface area contributed by atoms with Crippen LogP contribution < -0.4 is 0 Å². The van der Waals surface area contributed by atoms with E-state index in [1.54, 1.807) is 30.3 Å². The molecule has 0 unspecified atom stereocenters. The number of benzene rings is 2. The Morgan fingerprint density at radius 3 is 2.29 bits per heavy atom. The number of nitrogens with zero attached hydrogens (tertiary/aromatic N) is 1. The first-order chi connectivity index (χ1) is 10.2. The van der Waals surface area contributed by atoms with Crippen LogP contribution in [-0.2, 0) is 11.2 Å². The third-order valence-electron chi connectivity index (χ3n) is 3.31. The molecule has 21 heavy (non-hydrogen) atoms. The van der Waals surface area contributed by atoms with Crippen LogP contribution in [0.3, 0.4) is 0 Å². The summed E-state index contributed by atoms with van der Waals surface area (Å²) in [6, 6.07) is 18.2. The van der Waals surface area contributed by atoms with Gasteiger partial charge in [-0.2, -0.15) is 5.26 Å². The highest BCUT2D eigenvalue weighted by Gasteiger charge is 2.19. The monoisotopic (exact) mass is 277 g/mol. The molecule has 0 heterocycles. The van der Waals surface area contributed by atoms with E-state index in [1.807, 2.05) is 31.2 Å². The van der Waals surface area contributed by atoms with E-state index < -0.39 is 5.97 Å². The van der Waals surface area contributed by atoms with Crippen LogP contribution in [0.2, 0.25) is 0 Å². The van der Waals surface area contributed by atoms with Crippen LogP contribution in [0.5, 0.6) is 0 Å². The summed E-state index contributed by atoms with van der Waals surface area (Å²) < 4.78 is 0. The fourth-order valence-electron chi connectivity index (χ4n) is 2.30. The SMILES string of the molecule is CCc1ccccc1C(C#N)=C(C(=O)O)c1ccccc1. The molecule has 0 radical (unpaired) electrons. The van der Waals surface area contributed by atoms with Gasteiger partial charge in [0.1, 0.15) is 6.07 Å². The molecule has 0 fully saturated rings. The van der Waals surface area contributed by atoms with E-state index in [9.17, 15) is 15.2 Å². The van der Waals surface area contributed by atoms with E-state index in [0.29, 0.717) is 11.1 Å². The van der Waals surface area contributed by atoms with Gasteiger partial charge in [-0.25, -0.2) is 4.79 Å². The number of carboxylic acid groups (broad SMARTS) is 1. The maximum absolute atomic E-state index is 11.7.